The zero-order chi connectivity index (χ0) is 15.8. The Bertz CT molecular complexity index is 853. The topological polar surface area (TPSA) is 67.1 Å². The fraction of sp³-hybridized carbons (Fsp3) is 0.312. The number of hydrogen-bond acceptors (Lipinski definition) is 6. The summed E-state index contributed by atoms with van der Waals surface area (Å²) < 4.78 is 5.50. The van der Waals surface area contributed by atoms with Crippen LogP contribution in [0.4, 0.5) is 0 Å². The normalized spacial score (nSPS) is 18.5. The molecule has 0 radical (unpaired) electrons. The third-order valence-corrected chi connectivity index (χ3v) is 4.37. The van der Waals surface area contributed by atoms with Crippen molar-refractivity contribution < 1.29 is 4.52 Å². The number of benzene rings is 1. The highest BCUT2D eigenvalue weighted by Crippen LogP contribution is 2.30. The highest BCUT2D eigenvalue weighted by atomic mass is 35.5. The minimum atomic E-state index is 0. The zero-order valence-corrected chi connectivity index (χ0v) is 14.6. The number of piperazine rings is 1. The average Bonchev–Trinajstić information content (AvgIpc) is 3.04. The van der Waals surface area contributed by atoms with E-state index in [1.807, 2.05) is 24.3 Å². The third-order valence-electron chi connectivity index (χ3n) is 4.15. The van der Waals surface area contributed by atoms with Crippen LogP contribution in [0.25, 0.3) is 22.4 Å². The number of hydrogen-bond donors (Lipinski definition) is 1. The van der Waals surface area contributed by atoms with Crippen molar-refractivity contribution >= 4 is 34.9 Å². The van der Waals surface area contributed by atoms with Gasteiger partial charge in [-0.2, -0.15) is 4.98 Å². The van der Waals surface area contributed by atoms with E-state index in [0.717, 1.165) is 36.1 Å². The van der Waals surface area contributed by atoms with Crippen molar-refractivity contribution in [1.29, 1.82) is 0 Å². The van der Waals surface area contributed by atoms with Gasteiger partial charge in [-0.25, -0.2) is 0 Å². The van der Waals surface area contributed by atoms with E-state index < -0.39 is 0 Å². The second-order valence-electron chi connectivity index (χ2n) is 5.69. The first-order valence-corrected chi connectivity index (χ1v) is 7.89. The van der Waals surface area contributed by atoms with Gasteiger partial charge in [0, 0.05) is 36.2 Å². The lowest BCUT2D eigenvalue weighted by molar-refractivity contribution is 0.190. The van der Waals surface area contributed by atoms with E-state index in [2.05, 4.69) is 32.4 Å². The molecule has 3 heterocycles. The van der Waals surface area contributed by atoms with Crippen LogP contribution in [0.15, 0.2) is 35.0 Å². The van der Waals surface area contributed by atoms with Crippen LogP contribution in [0, 0.1) is 0 Å². The number of likely N-dealkylation sites (N-methyl/N-ethyl adjacent to an activating group) is 1. The molecular formula is C16H17Cl2N5O. The maximum Gasteiger partial charge on any atom is 0.260 e. The molecule has 2 aromatic heterocycles. The SMILES string of the molecule is CN1CCNCC1c1noc(-c2cc(Cl)cc3cccnc23)n1.Cl. The maximum absolute atomic E-state index is 6.22. The average molecular weight is 366 g/mol. The van der Waals surface area contributed by atoms with Crippen molar-refractivity contribution in [3.63, 3.8) is 0 Å². The molecule has 8 heteroatoms. The first kappa shape index (κ1) is 17.1. The number of fused-ring (bicyclic) bond motifs is 1. The molecule has 1 saturated heterocycles. The van der Waals surface area contributed by atoms with E-state index in [-0.39, 0.29) is 18.4 Å². The molecule has 1 aromatic carbocycles. The fourth-order valence-electron chi connectivity index (χ4n) is 2.89. The second-order valence-corrected chi connectivity index (χ2v) is 6.12. The molecule has 1 unspecified atom stereocenters. The van der Waals surface area contributed by atoms with E-state index in [1.54, 1.807) is 6.20 Å². The van der Waals surface area contributed by atoms with Gasteiger partial charge in [0.1, 0.15) is 0 Å². The van der Waals surface area contributed by atoms with Crippen LogP contribution in [0.1, 0.15) is 11.9 Å². The Kier molecular flexibility index (Phi) is 5.01. The summed E-state index contributed by atoms with van der Waals surface area (Å²) in [6.07, 6.45) is 1.75. The van der Waals surface area contributed by atoms with Gasteiger partial charge in [0.15, 0.2) is 5.82 Å². The van der Waals surface area contributed by atoms with Crippen LogP contribution in [-0.4, -0.2) is 46.7 Å². The number of rotatable bonds is 2. The van der Waals surface area contributed by atoms with Crippen molar-refractivity contribution in [2.75, 3.05) is 26.7 Å². The van der Waals surface area contributed by atoms with Gasteiger partial charge in [-0.05, 0) is 25.2 Å². The summed E-state index contributed by atoms with van der Waals surface area (Å²) in [4.78, 5) is 11.2. The van der Waals surface area contributed by atoms with Crippen LogP contribution in [0.3, 0.4) is 0 Å². The van der Waals surface area contributed by atoms with Crippen LogP contribution in [0.2, 0.25) is 5.02 Å². The number of halogens is 2. The van der Waals surface area contributed by atoms with Gasteiger partial charge in [-0.3, -0.25) is 9.88 Å². The molecule has 6 nitrogen and oxygen atoms in total. The van der Waals surface area contributed by atoms with Crippen LogP contribution >= 0.6 is 24.0 Å². The van der Waals surface area contributed by atoms with E-state index >= 15 is 0 Å². The Labute approximate surface area is 150 Å². The number of nitrogens with zero attached hydrogens (tertiary/aromatic N) is 4. The molecule has 4 rings (SSSR count). The van der Waals surface area contributed by atoms with E-state index in [4.69, 9.17) is 16.1 Å². The molecule has 1 aliphatic rings. The Balaban J connectivity index is 0.00000169. The molecule has 1 aliphatic heterocycles. The molecular weight excluding hydrogens is 349 g/mol. The molecule has 0 saturated carbocycles. The van der Waals surface area contributed by atoms with Crippen molar-refractivity contribution in [2.45, 2.75) is 6.04 Å². The molecule has 1 N–H and O–H groups in total. The highest BCUT2D eigenvalue weighted by Gasteiger charge is 2.26. The van der Waals surface area contributed by atoms with Gasteiger partial charge in [-0.1, -0.05) is 22.8 Å². The maximum atomic E-state index is 6.22. The van der Waals surface area contributed by atoms with Gasteiger partial charge in [0.25, 0.3) is 5.89 Å². The highest BCUT2D eigenvalue weighted by molar-refractivity contribution is 6.31. The van der Waals surface area contributed by atoms with E-state index in [9.17, 15) is 0 Å². The standard InChI is InChI=1S/C16H16ClN5O.ClH/c1-22-6-5-18-9-13(22)15-20-16(23-21-15)12-8-11(17)7-10-3-2-4-19-14(10)12;/h2-4,7-8,13,18H,5-6,9H2,1H3;1H. The lowest BCUT2D eigenvalue weighted by Gasteiger charge is -2.30. The predicted octanol–water partition coefficient (Wildman–Crippen LogP) is 2.94. The summed E-state index contributed by atoms with van der Waals surface area (Å²) in [5, 5.41) is 9.09. The van der Waals surface area contributed by atoms with Crippen molar-refractivity contribution in [1.82, 2.24) is 25.3 Å². The first-order valence-electron chi connectivity index (χ1n) is 7.51. The van der Waals surface area contributed by atoms with Gasteiger partial charge in [0.2, 0.25) is 0 Å². The van der Waals surface area contributed by atoms with Gasteiger partial charge in [0.05, 0.1) is 17.1 Å². The Hall–Kier alpha value is -1.73. The molecule has 3 aromatic rings. The second kappa shape index (κ2) is 7.03. The van der Waals surface area contributed by atoms with Gasteiger partial charge < -0.3 is 9.84 Å². The third kappa shape index (κ3) is 3.10. The number of aromatic nitrogens is 3. The van der Waals surface area contributed by atoms with Gasteiger partial charge >= 0.3 is 0 Å². The number of nitrogens with one attached hydrogen (secondary N) is 1. The Morgan fingerprint density at radius 2 is 2.25 bits per heavy atom. The Morgan fingerprint density at radius 3 is 3.08 bits per heavy atom. The molecule has 1 fully saturated rings. The van der Waals surface area contributed by atoms with Gasteiger partial charge in [-0.15, -0.1) is 12.4 Å². The molecule has 0 aliphatic carbocycles. The summed E-state index contributed by atoms with van der Waals surface area (Å²) in [6, 6.07) is 7.65. The lowest BCUT2D eigenvalue weighted by Crippen LogP contribution is -2.44. The van der Waals surface area contributed by atoms with E-state index in [0.29, 0.717) is 16.7 Å². The zero-order valence-electron chi connectivity index (χ0n) is 13.1. The van der Waals surface area contributed by atoms with Crippen molar-refractivity contribution in [3.05, 3.63) is 41.3 Å². The molecule has 126 valence electrons. The molecule has 0 spiro atoms. The quantitative estimate of drug-likeness (QED) is 0.752. The van der Waals surface area contributed by atoms with E-state index in [1.165, 1.54) is 0 Å². The fourth-order valence-corrected chi connectivity index (χ4v) is 3.12. The molecule has 1 atom stereocenters. The number of pyridine rings is 1. The summed E-state index contributed by atoms with van der Waals surface area (Å²) in [5.74, 6) is 1.13. The van der Waals surface area contributed by atoms with Crippen molar-refractivity contribution in [3.8, 4) is 11.5 Å². The molecule has 24 heavy (non-hydrogen) atoms. The minimum absolute atomic E-state index is 0. The first-order chi connectivity index (χ1) is 11.2. The Morgan fingerprint density at radius 1 is 1.38 bits per heavy atom. The lowest BCUT2D eigenvalue weighted by atomic mass is 10.1. The molecule has 0 amide bonds. The summed E-state index contributed by atoms with van der Waals surface area (Å²) >= 11 is 6.22. The monoisotopic (exact) mass is 365 g/mol. The van der Waals surface area contributed by atoms with Crippen LogP contribution in [0.5, 0.6) is 0 Å². The summed E-state index contributed by atoms with van der Waals surface area (Å²) in [7, 11) is 2.07. The smallest absolute Gasteiger partial charge is 0.260 e. The van der Waals surface area contributed by atoms with Crippen LogP contribution < -0.4 is 5.32 Å². The summed E-state index contributed by atoms with van der Waals surface area (Å²) in [5.41, 5.74) is 1.57. The summed E-state index contributed by atoms with van der Waals surface area (Å²) in [6.45, 7) is 2.74. The molecule has 0 bridgehead atoms. The van der Waals surface area contributed by atoms with Crippen LogP contribution in [-0.2, 0) is 0 Å². The minimum Gasteiger partial charge on any atom is -0.334 e. The predicted molar refractivity (Wildman–Crippen MR) is 95.5 cm³/mol. The largest absolute Gasteiger partial charge is 0.334 e. The van der Waals surface area contributed by atoms with Crippen molar-refractivity contribution in [2.24, 2.45) is 0 Å².